The van der Waals surface area contributed by atoms with Gasteiger partial charge < -0.3 is 10.2 Å². The van der Waals surface area contributed by atoms with E-state index < -0.39 is 11.7 Å². The molecule has 4 nitrogen and oxygen atoms in total. The SMILES string of the molecule is CC(C)(C)OOC(CO)CO. The number of hydrogen-bond acceptors (Lipinski definition) is 4. The summed E-state index contributed by atoms with van der Waals surface area (Å²) in [5.74, 6) is 0. The molecular weight excluding hydrogens is 148 g/mol. The van der Waals surface area contributed by atoms with Gasteiger partial charge in [0.05, 0.1) is 18.8 Å². The standard InChI is InChI=1S/C7H16O4/c1-7(2,3)11-10-6(4-8)5-9/h6,8-9H,4-5H2,1-3H3. The molecule has 0 bridgehead atoms. The van der Waals surface area contributed by atoms with Crippen LogP contribution in [-0.4, -0.2) is 35.1 Å². The first-order valence-electron chi connectivity index (χ1n) is 3.56. The Balaban J connectivity index is 3.51. The Morgan fingerprint density at radius 2 is 1.64 bits per heavy atom. The minimum Gasteiger partial charge on any atom is -0.393 e. The second-order valence-electron chi connectivity index (χ2n) is 3.28. The molecule has 11 heavy (non-hydrogen) atoms. The van der Waals surface area contributed by atoms with E-state index in [-0.39, 0.29) is 13.2 Å². The van der Waals surface area contributed by atoms with Crippen molar-refractivity contribution in [1.82, 2.24) is 0 Å². The van der Waals surface area contributed by atoms with Gasteiger partial charge in [-0.15, -0.1) is 0 Å². The molecule has 0 aliphatic rings. The zero-order chi connectivity index (χ0) is 8.91. The fraction of sp³-hybridized carbons (Fsp3) is 1.00. The Hall–Kier alpha value is -0.160. The highest BCUT2D eigenvalue weighted by Gasteiger charge is 2.15. The number of rotatable bonds is 4. The third-order valence-electron chi connectivity index (χ3n) is 0.841. The first kappa shape index (κ1) is 10.8. The van der Waals surface area contributed by atoms with E-state index in [4.69, 9.17) is 20.0 Å². The van der Waals surface area contributed by atoms with Crippen LogP contribution in [0.2, 0.25) is 0 Å². The van der Waals surface area contributed by atoms with Gasteiger partial charge in [-0.1, -0.05) is 0 Å². The number of hydrogen-bond donors (Lipinski definition) is 2. The van der Waals surface area contributed by atoms with Crippen molar-refractivity contribution in [2.45, 2.75) is 32.5 Å². The molecule has 0 saturated heterocycles. The Morgan fingerprint density at radius 1 is 1.18 bits per heavy atom. The second-order valence-corrected chi connectivity index (χ2v) is 3.28. The van der Waals surface area contributed by atoms with E-state index in [0.717, 1.165) is 0 Å². The van der Waals surface area contributed by atoms with Crippen molar-refractivity contribution in [2.75, 3.05) is 13.2 Å². The first-order valence-corrected chi connectivity index (χ1v) is 3.56. The highest BCUT2D eigenvalue weighted by atomic mass is 17.2. The zero-order valence-electron chi connectivity index (χ0n) is 7.20. The van der Waals surface area contributed by atoms with Crippen LogP contribution in [0.3, 0.4) is 0 Å². The lowest BCUT2D eigenvalue weighted by molar-refractivity contribution is -0.379. The van der Waals surface area contributed by atoms with Crippen molar-refractivity contribution in [3.05, 3.63) is 0 Å². The van der Waals surface area contributed by atoms with Crippen LogP contribution in [0.4, 0.5) is 0 Å². The van der Waals surface area contributed by atoms with Crippen LogP contribution in [-0.2, 0) is 9.78 Å². The average molecular weight is 164 g/mol. The molecule has 2 N–H and O–H groups in total. The Bertz CT molecular complexity index is 93.1. The zero-order valence-corrected chi connectivity index (χ0v) is 7.20. The van der Waals surface area contributed by atoms with Gasteiger partial charge in [0.25, 0.3) is 0 Å². The molecule has 0 heterocycles. The quantitative estimate of drug-likeness (QED) is 0.456. The lowest BCUT2D eigenvalue weighted by atomic mass is 10.2. The molecule has 0 aromatic heterocycles. The highest BCUT2D eigenvalue weighted by Crippen LogP contribution is 2.08. The summed E-state index contributed by atoms with van der Waals surface area (Å²) in [6, 6.07) is 0. The molecular formula is C7H16O4. The number of aliphatic hydroxyl groups is 2. The highest BCUT2D eigenvalue weighted by molar-refractivity contribution is 4.56. The van der Waals surface area contributed by atoms with Gasteiger partial charge >= 0.3 is 0 Å². The van der Waals surface area contributed by atoms with Gasteiger partial charge in [0, 0.05) is 0 Å². The van der Waals surface area contributed by atoms with Gasteiger partial charge in [-0.05, 0) is 20.8 Å². The van der Waals surface area contributed by atoms with E-state index in [1.54, 1.807) is 0 Å². The molecule has 0 aliphatic carbocycles. The molecule has 0 unspecified atom stereocenters. The largest absolute Gasteiger partial charge is 0.393 e. The summed E-state index contributed by atoms with van der Waals surface area (Å²) in [7, 11) is 0. The maximum atomic E-state index is 8.56. The van der Waals surface area contributed by atoms with Crippen molar-refractivity contribution in [3.63, 3.8) is 0 Å². The van der Waals surface area contributed by atoms with Crippen molar-refractivity contribution >= 4 is 0 Å². The van der Waals surface area contributed by atoms with Crippen LogP contribution < -0.4 is 0 Å². The fourth-order valence-corrected chi connectivity index (χ4v) is 0.331. The van der Waals surface area contributed by atoms with E-state index in [9.17, 15) is 0 Å². The Morgan fingerprint density at radius 3 is 1.91 bits per heavy atom. The molecule has 0 spiro atoms. The fourth-order valence-electron chi connectivity index (χ4n) is 0.331. The van der Waals surface area contributed by atoms with Crippen LogP contribution in [0.25, 0.3) is 0 Å². The summed E-state index contributed by atoms with van der Waals surface area (Å²) in [5, 5.41) is 17.1. The molecule has 0 atom stereocenters. The predicted molar refractivity (Wildman–Crippen MR) is 39.9 cm³/mol. The summed E-state index contributed by atoms with van der Waals surface area (Å²) in [5.41, 5.74) is -0.414. The molecule has 0 radical (unpaired) electrons. The van der Waals surface area contributed by atoms with E-state index in [0.29, 0.717) is 0 Å². The molecule has 0 fully saturated rings. The van der Waals surface area contributed by atoms with Crippen molar-refractivity contribution in [1.29, 1.82) is 0 Å². The number of aliphatic hydroxyl groups excluding tert-OH is 2. The van der Waals surface area contributed by atoms with Crippen molar-refractivity contribution < 1.29 is 20.0 Å². The summed E-state index contributed by atoms with van der Waals surface area (Å²) >= 11 is 0. The van der Waals surface area contributed by atoms with Gasteiger partial charge in [0.1, 0.15) is 6.10 Å². The third kappa shape index (κ3) is 6.25. The lowest BCUT2D eigenvalue weighted by Gasteiger charge is -2.20. The first-order chi connectivity index (χ1) is 4.99. The van der Waals surface area contributed by atoms with Gasteiger partial charge in [0.15, 0.2) is 0 Å². The van der Waals surface area contributed by atoms with Gasteiger partial charge in [-0.2, -0.15) is 0 Å². The smallest absolute Gasteiger partial charge is 0.139 e. The summed E-state index contributed by atoms with van der Waals surface area (Å²) in [6.07, 6.45) is -0.644. The molecule has 4 heteroatoms. The lowest BCUT2D eigenvalue weighted by Crippen LogP contribution is -2.28. The van der Waals surface area contributed by atoms with Gasteiger partial charge in [0.2, 0.25) is 0 Å². The summed E-state index contributed by atoms with van der Waals surface area (Å²) < 4.78 is 0. The van der Waals surface area contributed by atoms with Crippen LogP contribution in [0.15, 0.2) is 0 Å². The predicted octanol–water partition coefficient (Wildman–Crippen LogP) is 0.0863. The summed E-state index contributed by atoms with van der Waals surface area (Å²) in [6.45, 7) is 4.97. The molecule has 0 aromatic rings. The Kier molecular flexibility index (Phi) is 4.60. The van der Waals surface area contributed by atoms with E-state index in [2.05, 4.69) is 0 Å². The molecule has 0 aliphatic heterocycles. The molecule has 0 aromatic carbocycles. The molecule has 0 amide bonds. The molecule has 68 valence electrons. The summed E-state index contributed by atoms with van der Waals surface area (Å²) in [4.78, 5) is 9.56. The second kappa shape index (κ2) is 4.66. The topological polar surface area (TPSA) is 58.9 Å². The minimum atomic E-state index is -0.644. The van der Waals surface area contributed by atoms with E-state index in [1.807, 2.05) is 20.8 Å². The van der Waals surface area contributed by atoms with Gasteiger partial charge in [-0.25, -0.2) is 9.78 Å². The van der Waals surface area contributed by atoms with E-state index in [1.165, 1.54) is 0 Å². The minimum absolute atomic E-state index is 0.243. The maximum Gasteiger partial charge on any atom is 0.139 e. The normalized spacial score (nSPS) is 12.5. The van der Waals surface area contributed by atoms with Crippen LogP contribution in [0.5, 0.6) is 0 Å². The van der Waals surface area contributed by atoms with Crippen LogP contribution in [0, 0.1) is 0 Å². The van der Waals surface area contributed by atoms with Crippen LogP contribution in [0.1, 0.15) is 20.8 Å². The Labute approximate surface area is 66.7 Å². The monoisotopic (exact) mass is 164 g/mol. The average Bonchev–Trinajstić information content (AvgIpc) is 1.88. The van der Waals surface area contributed by atoms with E-state index >= 15 is 0 Å². The third-order valence-corrected chi connectivity index (χ3v) is 0.841. The van der Waals surface area contributed by atoms with Crippen LogP contribution >= 0.6 is 0 Å². The van der Waals surface area contributed by atoms with Gasteiger partial charge in [-0.3, -0.25) is 0 Å². The maximum absolute atomic E-state index is 8.56. The van der Waals surface area contributed by atoms with Crippen molar-refractivity contribution in [2.24, 2.45) is 0 Å². The molecule has 0 rings (SSSR count). The molecule has 0 saturated carbocycles. The van der Waals surface area contributed by atoms with Crippen molar-refractivity contribution in [3.8, 4) is 0 Å².